The van der Waals surface area contributed by atoms with Gasteiger partial charge in [0.25, 0.3) is 5.91 Å². The number of carbonyl (C=O) groups is 4. The summed E-state index contributed by atoms with van der Waals surface area (Å²) in [5, 5.41) is 15.2. The molecule has 12 heteroatoms. The quantitative estimate of drug-likeness (QED) is 0.181. The van der Waals surface area contributed by atoms with Gasteiger partial charge in [0.2, 0.25) is 18.2 Å². The Morgan fingerprint density at radius 3 is 2.56 bits per heavy atom. The normalized spacial score (nSPS) is 16.0. The number of nitrogens with zero attached hydrogens (tertiary/aromatic N) is 3. The van der Waals surface area contributed by atoms with Crippen LogP contribution in [0.3, 0.4) is 0 Å². The average molecular weight is 678 g/mol. The average Bonchev–Trinajstić information content (AvgIpc) is 3.77. The number of nitrogens with one attached hydrogen (secondary N) is 2. The van der Waals surface area contributed by atoms with Crippen molar-refractivity contribution in [1.29, 1.82) is 0 Å². The molecule has 48 heavy (non-hydrogen) atoms. The molecule has 0 bridgehead atoms. The number of carbonyl (C=O) groups excluding carboxylic acids is 4. The summed E-state index contributed by atoms with van der Waals surface area (Å²) in [5.41, 5.74) is 6.40. The highest BCUT2D eigenvalue weighted by Crippen LogP contribution is 2.32. The first-order chi connectivity index (χ1) is 23.0. The predicted molar refractivity (Wildman–Crippen MR) is 185 cm³/mol. The molecule has 5 rings (SSSR count). The summed E-state index contributed by atoms with van der Waals surface area (Å²) in [6.45, 7) is 12.0. The van der Waals surface area contributed by atoms with Crippen molar-refractivity contribution < 1.29 is 29.0 Å². The highest BCUT2D eigenvalue weighted by atomic mass is 32.1. The number of hydrogen-bond acceptors (Lipinski definition) is 8. The largest absolute Gasteiger partial charge is 0.493 e. The van der Waals surface area contributed by atoms with Gasteiger partial charge in [0, 0.05) is 49.8 Å². The third-order valence-electron chi connectivity index (χ3n) is 8.25. The summed E-state index contributed by atoms with van der Waals surface area (Å²) in [4.78, 5) is 56.5. The van der Waals surface area contributed by atoms with E-state index in [4.69, 9.17) is 4.74 Å². The fourth-order valence-corrected chi connectivity index (χ4v) is 6.73. The number of β-amino-alcohol motifs (C(OH)–C–C–N with tert-alkyl or cyclic N) is 1. The topological polar surface area (TPSA) is 141 Å². The van der Waals surface area contributed by atoms with Crippen molar-refractivity contribution in [2.45, 2.75) is 85.2 Å². The van der Waals surface area contributed by atoms with Gasteiger partial charge in [0.1, 0.15) is 11.8 Å². The lowest BCUT2D eigenvalue weighted by Gasteiger charge is -2.33. The number of aromatic nitrogens is 1. The van der Waals surface area contributed by atoms with E-state index in [0.29, 0.717) is 69.8 Å². The van der Waals surface area contributed by atoms with Crippen molar-refractivity contribution in [2.75, 3.05) is 19.7 Å². The first-order valence-electron chi connectivity index (χ1n) is 16.5. The van der Waals surface area contributed by atoms with Gasteiger partial charge in [-0.15, -0.1) is 11.3 Å². The molecule has 2 unspecified atom stereocenters. The number of aryl methyl sites for hydroxylation is 1. The van der Waals surface area contributed by atoms with E-state index in [1.54, 1.807) is 21.1 Å². The molecule has 11 nitrogen and oxygen atoms in total. The molecule has 2 aliphatic heterocycles. The van der Waals surface area contributed by atoms with Crippen LogP contribution in [0.2, 0.25) is 0 Å². The van der Waals surface area contributed by atoms with Crippen molar-refractivity contribution in [3.8, 4) is 16.2 Å². The molecule has 3 aromatic rings. The van der Waals surface area contributed by atoms with Crippen molar-refractivity contribution >= 4 is 35.5 Å². The molecule has 4 amide bonds. The molecule has 2 aliphatic rings. The van der Waals surface area contributed by atoms with Crippen LogP contribution < -0.4 is 15.4 Å². The second kappa shape index (κ2) is 17.2. The van der Waals surface area contributed by atoms with Crippen LogP contribution in [0, 0.1) is 12.8 Å². The second-order valence-electron chi connectivity index (χ2n) is 12.8. The fraction of sp³-hybridized carbons (Fsp3) is 0.472. The van der Waals surface area contributed by atoms with Crippen LogP contribution in [-0.4, -0.2) is 81.9 Å². The van der Waals surface area contributed by atoms with Crippen LogP contribution in [0.5, 0.6) is 5.75 Å². The summed E-state index contributed by atoms with van der Waals surface area (Å²) in [6, 6.07) is 13.1. The molecule has 0 radical (unpaired) electrons. The van der Waals surface area contributed by atoms with Gasteiger partial charge in [-0.05, 0) is 62.8 Å². The number of aliphatic hydroxyl groups is 1. The maximum atomic E-state index is 12.8. The Morgan fingerprint density at radius 2 is 1.94 bits per heavy atom. The van der Waals surface area contributed by atoms with E-state index in [1.807, 2.05) is 82.6 Å². The zero-order valence-corrected chi connectivity index (χ0v) is 29.2. The lowest BCUT2D eigenvalue weighted by atomic mass is 10.0. The van der Waals surface area contributed by atoms with Gasteiger partial charge in [0.05, 0.1) is 28.8 Å². The Kier molecular flexibility index (Phi) is 13.1. The van der Waals surface area contributed by atoms with E-state index < -0.39 is 12.1 Å². The van der Waals surface area contributed by atoms with Gasteiger partial charge in [0.15, 0.2) is 0 Å². The molecule has 1 fully saturated rings. The number of benzene rings is 2. The standard InChI is InChI=1S/C19H25N3O3S.C17H22N2O3/c1-13(2)22-18(24)5-4-8-25-17-9-15(19-14(3)21-12-26-19)6-7-16(17)10-20-11-23;1-11(2)15(17(22)18-8-7-13(20)10-18)19-9-12-5-3-4-6-14(12)16(19)21/h6-7,9,11-13H,4-5,8,10H2,1-3H3,(H,20,23)(H,22,24);3-6,11,13,15,20H,7-10H2,1-2H3. The van der Waals surface area contributed by atoms with Gasteiger partial charge < -0.3 is 30.3 Å². The Labute approximate surface area is 286 Å². The third-order valence-corrected chi connectivity index (χ3v) is 9.23. The van der Waals surface area contributed by atoms with Gasteiger partial charge in [-0.1, -0.05) is 44.2 Å². The SMILES string of the molecule is CC(C)C(C(=O)N1CCC(O)C1)N1Cc2ccccc2C1=O.Cc1ncsc1-c1ccc(CNC=O)c(OCCCC(=O)NC(C)C)c1. The lowest BCUT2D eigenvalue weighted by molar-refractivity contribution is -0.137. The number of rotatable bonds is 13. The number of ether oxygens (including phenoxy) is 1. The molecular formula is C36H47N5O6S. The van der Waals surface area contributed by atoms with Crippen molar-refractivity contribution in [1.82, 2.24) is 25.4 Å². The first kappa shape index (κ1) is 36.5. The Hall–Kier alpha value is -4.29. The van der Waals surface area contributed by atoms with Crippen LogP contribution in [0.4, 0.5) is 0 Å². The maximum absolute atomic E-state index is 12.8. The summed E-state index contributed by atoms with van der Waals surface area (Å²) < 4.78 is 5.92. The molecule has 2 aromatic carbocycles. The molecule has 0 spiro atoms. The minimum Gasteiger partial charge on any atom is -0.493 e. The number of aliphatic hydroxyl groups excluding tert-OH is 1. The van der Waals surface area contributed by atoms with Crippen LogP contribution in [0.1, 0.15) is 74.1 Å². The molecule has 1 aromatic heterocycles. The minimum absolute atomic E-state index is 0.0282. The summed E-state index contributed by atoms with van der Waals surface area (Å²) >= 11 is 1.58. The first-order valence-corrected chi connectivity index (χ1v) is 17.4. The van der Waals surface area contributed by atoms with Crippen LogP contribution in [0.25, 0.3) is 10.4 Å². The monoisotopic (exact) mass is 677 g/mol. The number of fused-ring (bicyclic) bond motifs is 1. The lowest BCUT2D eigenvalue weighted by Crippen LogP contribution is -2.51. The zero-order chi connectivity index (χ0) is 34.8. The third kappa shape index (κ3) is 9.41. The molecule has 2 atom stereocenters. The smallest absolute Gasteiger partial charge is 0.255 e. The highest BCUT2D eigenvalue weighted by molar-refractivity contribution is 7.13. The zero-order valence-electron chi connectivity index (χ0n) is 28.4. The number of likely N-dealkylation sites (tertiary alicyclic amines) is 1. The maximum Gasteiger partial charge on any atom is 0.255 e. The Balaban J connectivity index is 0.000000219. The van der Waals surface area contributed by atoms with Gasteiger partial charge in [-0.2, -0.15) is 0 Å². The van der Waals surface area contributed by atoms with E-state index in [-0.39, 0.29) is 29.7 Å². The molecule has 0 saturated carbocycles. The predicted octanol–water partition coefficient (Wildman–Crippen LogP) is 4.31. The number of amides is 4. The van der Waals surface area contributed by atoms with E-state index in [9.17, 15) is 24.3 Å². The molecule has 258 valence electrons. The Bertz CT molecular complexity index is 1570. The van der Waals surface area contributed by atoms with Crippen LogP contribution in [-0.2, 0) is 27.5 Å². The summed E-state index contributed by atoms with van der Waals surface area (Å²) in [6.07, 6.45) is 1.89. The van der Waals surface area contributed by atoms with Crippen molar-refractivity contribution in [3.63, 3.8) is 0 Å². The fourth-order valence-electron chi connectivity index (χ4n) is 5.92. The van der Waals surface area contributed by atoms with Crippen LogP contribution >= 0.6 is 11.3 Å². The Morgan fingerprint density at radius 1 is 1.17 bits per heavy atom. The number of hydrogen-bond donors (Lipinski definition) is 3. The molecule has 0 aliphatic carbocycles. The molecule has 3 N–H and O–H groups in total. The van der Waals surface area contributed by atoms with Gasteiger partial charge >= 0.3 is 0 Å². The van der Waals surface area contributed by atoms with Crippen molar-refractivity contribution in [2.24, 2.45) is 5.92 Å². The molecular weight excluding hydrogens is 630 g/mol. The van der Waals surface area contributed by atoms with Crippen LogP contribution in [0.15, 0.2) is 48.0 Å². The molecule has 3 heterocycles. The van der Waals surface area contributed by atoms with E-state index >= 15 is 0 Å². The van der Waals surface area contributed by atoms with E-state index in [0.717, 1.165) is 27.3 Å². The highest BCUT2D eigenvalue weighted by Gasteiger charge is 2.41. The molecule has 1 saturated heterocycles. The van der Waals surface area contributed by atoms with E-state index in [2.05, 4.69) is 15.6 Å². The summed E-state index contributed by atoms with van der Waals surface area (Å²) in [7, 11) is 0. The van der Waals surface area contributed by atoms with E-state index in [1.165, 1.54) is 0 Å². The van der Waals surface area contributed by atoms with Gasteiger partial charge in [-0.3, -0.25) is 19.2 Å². The summed E-state index contributed by atoms with van der Waals surface area (Å²) in [5.74, 6) is 0.660. The number of thiazole rings is 1. The second-order valence-corrected chi connectivity index (χ2v) is 13.6. The minimum atomic E-state index is -0.467. The van der Waals surface area contributed by atoms with Crippen molar-refractivity contribution in [3.05, 3.63) is 70.4 Å². The van der Waals surface area contributed by atoms with Gasteiger partial charge in [-0.25, -0.2) is 4.98 Å².